The number of amides is 1. The van der Waals surface area contributed by atoms with Crippen LogP contribution < -0.4 is 5.32 Å². The molecule has 1 amide bonds. The van der Waals surface area contributed by atoms with E-state index < -0.39 is 0 Å². The van der Waals surface area contributed by atoms with Crippen LogP contribution in [0.15, 0.2) is 15.1 Å². The van der Waals surface area contributed by atoms with Crippen LogP contribution in [0.25, 0.3) is 0 Å². The Morgan fingerprint density at radius 3 is 2.64 bits per heavy atom. The fraction of sp³-hybridized carbons (Fsp3) is 0.625. The van der Waals surface area contributed by atoms with Crippen LogP contribution in [-0.4, -0.2) is 63.7 Å². The zero-order chi connectivity index (χ0) is 17.8. The molecule has 1 aliphatic heterocycles. The van der Waals surface area contributed by atoms with Crippen LogP contribution in [0.2, 0.25) is 0 Å². The van der Waals surface area contributed by atoms with E-state index in [1.807, 2.05) is 6.92 Å². The van der Waals surface area contributed by atoms with Crippen molar-refractivity contribution in [3.8, 4) is 0 Å². The van der Waals surface area contributed by atoms with Gasteiger partial charge in [0.2, 0.25) is 11.8 Å². The van der Waals surface area contributed by atoms with Crippen LogP contribution >= 0.6 is 0 Å². The quantitative estimate of drug-likeness (QED) is 0.832. The predicted octanol–water partition coefficient (Wildman–Crippen LogP) is 1.25. The van der Waals surface area contributed by atoms with E-state index >= 15 is 0 Å². The maximum absolute atomic E-state index is 12.1. The Balaban J connectivity index is 1.45. The summed E-state index contributed by atoms with van der Waals surface area (Å²) in [5.74, 6) is 2.44. The topological polar surface area (TPSA) is 101 Å². The van der Waals surface area contributed by atoms with Crippen molar-refractivity contribution in [1.29, 1.82) is 0 Å². The average molecular weight is 348 g/mol. The predicted molar refractivity (Wildman–Crippen MR) is 90.0 cm³/mol. The Kier molecular flexibility index (Phi) is 5.44. The van der Waals surface area contributed by atoms with Crippen molar-refractivity contribution in [2.75, 3.05) is 38.0 Å². The summed E-state index contributed by atoms with van der Waals surface area (Å²) in [6.07, 6.45) is 0.768. The summed E-state index contributed by atoms with van der Waals surface area (Å²) >= 11 is 0. The molecule has 2 aromatic heterocycles. The van der Waals surface area contributed by atoms with Gasteiger partial charge >= 0.3 is 0 Å². The van der Waals surface area contributed by atoms with E-state index in [0.29, 0.717) is 24.0 Å². The van der Waals surface area contributed by atoms with E-state index in [1.54, 1.807) is 13.0 Å². The zero-order valence-electron chi connectivity index (χ0n) is 14.9. The fourth-order valence-electron chi connectivity index (χ4n) is 2.86. The Morgan fingerprint density at radius 1 is 1.28 bits per heavy atom. The molecule has 2 aromatic rings. The molecule has 0 saturated carbocycles. The lowest BCUT2D eigenvalue weighted by Crippen LogP contribution is -2.49. The molecule has 1 saturated heterocycles. The Morgan fingerprint density at radius 2 is 2.04 bits per heavy atom. The Bertz CT molecular complexity index is 704. The molecular weight excluding hydrogens is 324 g/mol. The first-order valence-electron chi connectivity index (χ1n) is 8.57. The average Bonchev–Trinajstić information content (AvgIpc) is 3.24. The van der Waals surface area contributed by atoms with Gasteiger partial charge in [0.05, 0.1) is 12.6 Å². The normalized spacial score (nSPS) is 17.6. The third-order valence-corrected chi connectivity index (χ3v) is 4.37. The summed E-state index contributed by atoms with van der Waals surface area (Å²) in [6.45, 7) is 9.52. The van der Waals surface area contributed by atoms with Gasteiger partial charge in [-0.1, -0.05) is 17.2 Å². The largest absolute Gasteiger partial charge is 0.360 e. The van der Waals surface area contributed by atoms with Gasteiger partial charge in [0, 0.05) is 38.7 Å². The van der Waals surface area contributed by atoms with Gasteiger partial charge in [-0.3, -0.25) is 14.6 Å². The fourth-order valence-corrected chi connectivity index (χ4v) is 2.86. The zero-order valence-corrected chi connectivity index (χ0v) is 14.9. The second-order valence-corrected chi connectivity index (χ2v) is 6.26. The minimum atomic E-state index is -0.0840. The van der Waals surface area contributed by atoms with E-state index in [0.717, 1.165) is 38.4 Å². The van der Waals surface area contributed by atoms with Crippen LogP contribution in [0.5, 0.6) is 0 Å². The van der Waals surface area contributed by atoms with Gasteiger partial charge in [0.25, 0.3) is 0 Å². The second kappa shape index (κ2) is 7.75. The van der Waals surface area contributed by atoms with E-state index in [4.69, 9.17) is 9.05 Å². The van der Waals surface area contributed by atoms with Gasteiger partial charge in [-0.2, -0.15) is 4.98 Å². The number of aromatic nitrogens is 3. The molecule has 25 heavy (non-hydrogen) atoms. The van der Waals surface area contributed by atoms with Crippen molar-refractivity contribution in [3.63, 3.8) is 0 Å². The summed E-state index contributed by atoms with van der Waals surface area (Å²) in [4.78, 5) is 20.9. The molecule has 0 radical (unpaired) electrons. The van der Waals surface area contributed by atoms with Crippen molar-refractivity contribution in [2.24, 2.45) is 0 Å². The smallest absolute Gasteiger partial charge is 0.243 e. The van der Waals surface area contributed by atoms with E-state index in [9.17, 15) is 4.79 Å². The van der Waals surface area contributed by atoms with Gasteiger partial charge in [0.15, 0.2) is 11.6 Å². The van der Waals surface area contributed by atoms with Gasteiger partial charge in [-0.05, 0) is 13.8 Å². The maximum atomic E-state index is 12.1. The molecule has 3 rings (SSSR count). The number of aryl methyl sites for hydroxylation is 2. The number of hydrogen-bond acceptors (Lipinski definition) is 8. The van der Waals surface area contributed by atoms with Crippen molar-refractivity contribution in [1.82, 2.24) is 25.1 Å². The minimum Gasteiger partial charge on any atom is -0.360 e. The molecule has 0 bridgehead atoms. The summed E-state index contributed by atoms with van der Waals surface area (Å²) in [6, 6.07) is 1.79. The molecule has 9 nitrogen and oxygen atoms in total. The molecule has 0 aromatic carbocycles. The molecule has 136 valence electrons. The number of carbonyl (C=O) groups is 1. The summed E-state index contributed by atoms with van der Waals surface area (Å²) in [7, 11) is 0. The second-order valence-electron chi connectivity index (χ2n) is 6.26. The Hall–Kier alpha value is -2.26. The minimum absolute atomic E-state index is 0.0840. The highest BCUT2D eigenvalue weighted by atomic mass is 16.5. The molecule has 1 atom stereocenters. The first-order valence-corrected chi connectivity index (χ1v) is 8.57. The number of piperazine rings is 1. The lowest BCUT2D eigenvalue weighted by atomic mass is 10.2. The van der Waals surface area contributed by atoms with Gasteiger partial charge in [-0.25, -0.2) is 0 Å². The Labute approximate surface area is 146 Å². The number of carbonyl (C=O) groups excluding carboxylic acids is 1. The third kappa shape index (κ3) is 4.43. The summed E-state index contributed by atoms with van der Waals surface area (Å²) < 4.78 is 10.3. The molecule has 1 fully saturated rings. The van der Waals surface area contributed by atoms with E-state index in [1.165, 1.54) is 0 Å². The van der Waals surface area contributed by atoms with Crippen LogP contribution in [0.3, 0.4) is 0 Å². The standard InChI is InChI=1S/C16H24N6O3/c1-4-13-18-16(25-19-13)12(3)22-7-5-21(6-8-22)10-15(23)17-14-9-11(2)24-20-14/h9,12H,4-8,10H2,1-3H3,(H,17,20,23). The molecule has 1 N–H and O–H groups in total. The number of anilines is 1. The van der Waals surface area contributed by atoms with E-state index in [2.05, 4.69) is 37.3 Å². The van der Waals surface area contributed by atoms with Gasteiger partial charge in [0.1, 0.15) is 5.76 Å². The van der Waals surface area contributed by atoms with Crippen LogP contribution in [0, 0.1) is 6.92 Å². The first kappa shape index (κ1) is 17.6. The van der Waals surface area contributed by atoms with Crippen LogP contribution in [-0.2, 0) is 11.2 Å². The number of nitrogens with one attached hydrogen (secondary N) is 1. The molecule has 1 unspecified atom stereocenters. The van der Waals surface area contributed by atoms with Crippen LogP contribution in [0.1, 0.15) is 37.4 Å². The number of nitrogens with zero attached hydrogens (tertiary/aromatic N) is 5. The third-order valence-electron chi connectivity index (χ3n) is 4.37. The molecule has 9 heteroatoms. The van der Waals surface area contributed by atoms with Crippen molar-refractivity contribution < 1.29 is 13.8 Å². The number of hydrogen-bond donors (Lipinski definition) is 1. The van der Waals surface area contributed by atoms with Crippen molar-refractivity contribution >= 4 is 11.7 Å². The van der Waals surface area contributed by atoms with Crippen molar-refractivity contribution in [2.45, 2.75) is 33.2 Å². The highest BCUT2D eigenvalue weighted by molar-refractivity contribution is 5.91. The molecular formula is C16H24N6O3. The lowest BCUT2D eigenvalue weighted by Gasteiger charge is -2.36. The molecule has 0 aliphatic carbocycles. The molecule has 1 aliphatic rings. The van der Waals surface area contributed by atoms with E-state index in [-0.39, 0.29) is 11.9 Å². The van der Waals surface area contributed by atoms with Gasteiger partial charge in [-0.15, -0.1) is 0 Å². The SMILES string of the molecule is CCc1noc(C(C)N2CCN(CC(=O)Nc3cc(C)on3)CC2)n1. The van der Waals surface area contributed by atoms with Crippen molar-refractivity contribution in [3.05, 3.63) is 23.5 Å². The summed E-state index contributed by atoms with van der Waals surface area (Å²) in [5, 5.41) is 10.5. The lowest BCUT2D eigenvalue weighted by molar-refractivity contribution is -0.117. The first-order chi connectivity index (χ1) is 12.0. The molecule has 3 heterocycles. The monoisotopic (exact) mass is 348 g/mol. The van der Waals surface area contributed by atoms with Crippen LogP contribution in [0.4, 0.5) is 5.82 Å². The maximum Gasteiger partial charge on any atom is 0.243 e. The summed E-state index contributed by atoms with van der Waals surface area (Å²) in [5.41, 5.74) is 0. The molecule has 0 spiro atoms. The highest BCUT2D eigenvalue weighted by Crippen LogP contribution is 2.20. The number of rotatable bonds is 6. The highest BCUT2D eigenvalue weighted by Gasteiger charge is 2.26. The van der Waals surface area contributed by atoms with Gasteiger partial charge < -0.3 is 14.4 Å².